The van der Waals surface area contributed by atoms with Crippen LogP contribution in [0.25, 0.3) is 0 Å². The van der Waals surface area contributed by atoms with Crippen molar-refractivity contribution < 1.29 is 19.4 Å². The average Bonchev–Trinajstić information content (AvgIpc) is 2.36. The molecule has 0 heterocycles. The van der Waals surface area contributed by atoms with Crippen LogP contribution >= 0.6 is 11.8 Å². The molecule has 0 bridgehead atoms. The van der Waals surface area contributed by atoms with Gasteiger partial charge in [0.25, 0.3) is 0 Å². The van der Waals surface area contributed by atoms with Crippen LogP contribution < -0.4 is 4.74 Å². The summed E-state index contributed by atoms with van der Waals surface area (Å²) in [5, 5.41) is 9.85. The molecule has 4 nitrogen and oxygen atoms in total. The van der Waals surface area contributed by atoms with Gasteiger partial charge in [0.15, 0.2) is 6.10 Å². The summed E-state index contributed by atoms with van der Waals surface area (Å²) in [6, 6.07) is 3.55. The van der Waals surface area contributed by atoms with Crippen LogP contribution in [0.1, 0.15) is 17.2 Å². The molecule has 0 aliphatic carbocycles. The van der Waals surface area contributed by atoms with E-state index in [9.17, 15) is 9.90 Å². The standard InChI is InChI=1S/C12H16O4S/c1-7-5-9(15-2)8(6-10(7)17-4)11(13)12(14)16-3/h5-6,11,13H,1-4H3. The number of ether oxygens (including phenoxy) is 2. The fourth-order valence-corrected chi connectivity index (χ4v) is 2.15. The first-order chi connectivity index (χ1) is 8.04. The molecule has 0 saturated carbocycles. The highest BCUT2D eigenvalue weighted by molar-refractivity contribution is 7.98. The van der Waals surface area contributed by atoms with Crippen LogP contribution in [-0.2, 0) is 9.53 Å². The van der Waals surface area contributed by atoms with Crippen molar-refractivity contribution in [2.75, 3.05) is 20.5 Å². The van der Waals surface area contributed by atoms with Crippen molar-refractivity contribution in [3.8, 4) is 5.75 Å². The molecule has 0 aromatic heterocycles. The van der Waals surface area contributed by atoms with E-state index in [-0.39, 0.29) is 0 Å². The zero-order valence-corrected chi connectivity index (χ0v) is 11.1. The maximum atomic E-state index is 11.3. The number of thioether (sulfide) groups is 1. The molecular formula is C12H16O4S. The van der Waals surface area contributed by atoms with E-state index >= 15 is 0 Å². The fourth-order valence-electron chi connectivity index (χ4n) is 1.53. The second kappa shape index (κ2) is 5.93. The van der Waals surface area contributed by atoms with Crippen molar-refractivity contribution in [2.45, 2.75) is 17.9 Å². The van der Waals surface area contributed by atoms with Crippen LogP contribution in [0.2, 0.25) is 0 Å². The molecule has 1 N–H and O–H groups in total. The number of carbonyl (C=O) groups excluding carboxylic acids is 1. The zero-order valence-electron chi connectivity index (χ0n) is 10.3. The molecule has 0 aliphatic rings. The molecule has 0 radical (unpaired) electrons. The summed E-state index contributed by atoms with van der Waals surface area (Å²) >= 11 is 1.55. The van der Waals surface area contributed by atoms with Gasteiger partial charge in [0, 0.05) is 10.5 Å². The van der Waals surface area contributed by atoms with E-state index in [4.69, 9.17) is 4.74 Å². The van der Waals surface area contributed by atoms with E-state index in [1.807, 2.05) is 13.2 Å². The summed E-state index contributed by atoms with van der Waals surface area (Å²) in [4.78, 5) is 12.3. The number of hydrogen-bond acceptors (Lipinski definition) is 5. The number of aliphatic hydroxyl groups excluding tert-OH is 1. The van der Waals surface area contributed by atoms with E-state index in [0.717, 1.165) is 10.5 Å². The lowest BCUT2D eigenvalue weighted by Gasteiger charge is -2.15. The van der Waals surface area contributed by atoms with Gasteiger partial charge in [-0.3, -0.25) is 0 Å². The van der Waals surface area contributed by atoms with Crippen LogP contribution in [0.3, 0.4) is 0 Å². The molecule has 1 rings (SSSR count). The molecular weight excluding hydrogens is 240 g/mol. The highest BCUT2D eigenvalue weighted by atomic mass is 32.2. The molecule has 0 saturated heterocycles. The highest BCUT2D eigenvalue weighted by Crippen LogP contribution is 2.32. The van der Waals surface area contributed by atoms with Gasteiger partial charge >= 0.3 is 5.97 Å². The predicted molar refractivity (Wildman–Crippen MR) is 66.5 cm³/mol. The third-order valence-electron chi connectivity index (χ3n) is 2.47. The van der Waals surface area contributed by atoms with Crippen LogP contribution in [-0.4, -0.2) is 31.6 Å². The van der Waals surface area contributed by atoms with Crippen molar-refractivity contribution >= 4 is 17.7 Å². The Bertz CT molecular complexity index is 417. The summed E-state index contributed by atoms with van der Waals surface area (Å²) < 4.78 is 9.68. The van der Waals surface area contributed by atoms with Crippen LogP contribution in [0.4, 0.5) is 0 Å². The first-order valence-electron chi connectivity index (χ1n) is 5.03. The molecule has 0 amide bonds. The summed E-state index contributed by atoms with van der Waals surface area (Å²) in [6.07, 6.45) is 0.616. The number of aryl methyl sites for hydroxylation is 1. The van der Waals surface area contributed by atoms with Crippen molar-refractivity contribution in [1.29, 1.82) is 0 Å². The van der Waals surface area contributed by atoms with Gasteiger partial charge in [0.1, 0.15) is 5.75 Å². The van der Waals surface area contributed by atoms with E-state index in [2.05, 4.69) is 4.74 Å². The molecule has 5 heteroatoms. The van der Waals surface area contributed by atoms with Crippen molar-refractivity contribution in [2.24, 2.45) is 0 Å². The lowest BCUT2D eigenvalue weighted by molar-refractivity contribution is -0.150. The van der Waals surface area contributed by atoms with Crippen LogP contribution in [0.15, 0.2) is 17.0 Å². The van der Waals surface area contributed by atoms with Gasteiger partial charge in [-0.25, -0.2) is 4.79 Å². The molecule has 17 heavy (non-hydrogen) atoms. The normalized spacial score (nSPS) is 12.1. The van der Waals surface area contributed by atoms with Crippen molar-refractivity contribution in [3.05, 3.63) is 23.3 Å². The Morgan fingerprint density at radius 2 is 2.06 bits per heavy atom. The minimum absolute atomic E-state index is 0.425. The Morgan fingerprint density at radius 3 is 2.53 bits per heavy atom. The molecule has 0 spiro atoms. The van der Waals surface area contributed by atoms with E-state index < -0.39 is 12.1 Å². The summed E-state index contributed by atoms with van der Waals surface area (Å²) in [5.41, 5.74) is 1.46. The largest absolute Gasteiger partial charge is 0.496 e. The molecule has 0 fully saturated rings. The maximum absolute atomic E-state index is 11.3. The van der Waals surface area contributed by atoms with Gasteiger partial charge in [0.05, 0.1) is 14.2 Å². The molecule has 1 unspecified atom stereocenters. The Balaban J connectivity index is 3.25. The Kier molecular flexibility index (Phi) is 4.84. The number of benzene rings is 1. The van der Waals surface area contributed by atoms with Crippen molar-refractivity contribution in [1.82, 2.24) is 0 Å². The number of rotatable bonds is 4. The minimum atomic E-state index is -1.32. The van der Waals surface area contributed by atoms with Gasteiger partial charge in [-0.2, -0.15) is 0 Å². The molecule has 1 aromatic rings. The molecule has 1 aromatic carbocycles. The van der Waals surface area contributed by atoms with Crippen LogP contribution in [0.5, 0.6) is 5.75 Å². The first kappa shape index (κ1) is 13.9. The van der Waals surface area contributed by atoms with Gasteiger partial charge in [-0.05, 0) is 30.9 Å². The second-order valence-electron chi connectivity index (χ2n) is 3.49. The van der Waals surface area contributed by atoms with Gasteiger partial charge in [0.2, 0.25) is 0 Å². The SMILES string of the molecule is COC(=O)C(O)c1cc(SC)c(C)cc1OC. The topological polar surface area (TPSA) is 55.8 Å². The quantitative estimate of drug-likeness (QED) is 0.659. The highest BCUT2D eigenvalue weighted by Gasteiger charge is 2.23. The van der Waals surface area contributed by atoms with Gasteiger partial charge in [-0.1, -0.05) is 0 Å². The summed E-state index contributed by atoms with van der Waals surface area (Å²) in [6.45, 7) is 1.95. The third kappa shape index (κ3) is 2.92. The Labute approximate surface area is 105 Å². The number of hydrogen-bond donors (Lipinski definition) is 1. The summed E-state index contributed by atoms with van der Waals surface area (Å²) in [7, 11) is 2.74. The van der Waals surface area contributed by atoms with Crippen LogP contribution in [0, 0.1) is 6.92 Å². The number of esters is 1. The summed E-state index contributed by atoms with van der Waals surface area (Å²) in [5.74, 6) is -0.211. The zero-order chi connectivity index (χ0) is 13.0. The van der Waals surface area contributed by atoms with Gasteiger partial charge < -0.3 is 14.6 Å². The number of methoxy groups -OCH3 is 2. The third-order valence-corrected chi connectivity index (χ3v) is 3.35. The van der Waals surface area contributed by atoms with Crippen molar-refractivity contribution in [3.63, 3.8) is 0 Å². The molecule has 0 aliphatic heterocycles. The number of carbonyl (C=O) groups is 1. The minimum Gasteiger partial charge on any atom is -0.496 e. The predicted octanol–water partition coefficient (Wildman–Crippen LogP) is 1.93. The average molecular weight is 256 g/mol. The molecule has 94 valence electrons. The maximum Gasteiger partial charge on any atom is 0.339 e. The lowest BCUT2D eigenvalue weighted by Crippen LogP contribution is -2.14. The lowest BCUT2D eigenvalue weighted by atomic mass is 10.1. The smallest absolute Gasteiger partial charge is 0.339 e. The van der Waals surface area contributed by atoms with E-state index in [1.54, 1.807) is 23.9 Å². The Morgan fingerprint density at radius 1 is 1.41 bits per heavy atom. The van der Waals surface area contributed by atoms with E-state index in [1.165, 1.54) is 14.2 Å². The van der Waals surface area contributed by atoms with E-state index in [0.29, 0.717) is 11.3 Å². The fraction of sp³-hybridized carbons (Fsp3) is 0.417. The first-order valence-corrected chi connectivity index (χ1v) is 6.26. The van der Waals surface area contributed by atoms with Gasteiger partial charge in [-0.15, -0.1) is 11.8 Å². The second-order valence-corrected chi connectivity index (χ2v) is 4.34. The monoisotopic (exact) mass is 256 g/mol. The Hall–Kier alpha value is -1.20. The molecule has 1 atom stereocenters. The number of aliphatic hydroxyl groups is 1.